The van der Waals surface area contributed by atoms with Crippen molar-refractivity contribution in [3.63, 3.8) is 0 Å². The monoisotopic (exact) mass is 268 g/mol. The number of nitrogens with one attached hydrogen (secondary N) is 2. The predicted octanol–water partition coefficient (Wildman–Crippen LogP) is 1.20. The van der Waals surface area contributed by atoms with E-state index in [4.69, 9.17) is 0 Å². The maximum atomic E-state index is 10.9. The van der Waals surface area contributed by atoms with Crippen molar-refractivity contribution in [1.82, 2.24) is 10.0 Å². The number of benzene rings is 1. The predicted molar refractivity (Wildman–Crippen MR) is 73.0 cm³/mol. The molecule has 0 saturated heterocycles. The van der Waals surface area contributed by atoms with E-state index < -0.39 is 10.0 Å². The van der Waals surface area contributed by atoms with E-state index in [1.54, 1.807) is 0 Å². The third-order valence-electron chi connectivity index (χ3n) is 3.05. The van der Waals surface area contributed by atoms with Crippen molar-refractivity contribution in [1.29, 1.82) is 0 Å². The normalized spacial score (nSPS) is 15.8. The van der Waals surface area contributed by atoms with Crippen LogP contribution in [0.25, 0.3) is 0 Å². The van der Waals surface area contributed by atoms with Crippen molar-refractivity contribution in [2.45, 2.75) is 25.3 Å². The minimum atomic E-state index is -3.07. The van der Waals surface area contributed by atoms with Gasteiger partial charge in [-0.3, -0.25) is 0 Å². The summed E-state index contributed by atoms with van der Waals surface area (Å²) in [5, 5.41) is 3.27. The molecule has 1 saturated carbocycles. The van der Waals surface area contributed by atoms with Gasteiger partial charge in [0.15, 0.2) is 0 Å². The second kappa shape index (κ2) is 5.82. The fraction of sp³-hybridized carbons (Fsp3) is 0.538. The largest absolute Gasteiger partial charge is 0.311 e. The van der Waals surface area contributed by atoms with Crippen LogP contribution >= 0.6 is 0 Å². The quantitative estimate of drug-likeness (QED) is 0.731. The van der Waals surface area contributed by atoms with Gasteiger partial charge in [-0.1, -0.05) is 24.3 Å². The molecule has 0 aliphatic heterocycles. The molecule has 5 heteroatoms. The van der Waals surface area contributed by atoms with Crippen molar-refractivity contribution < 1.29 is 8.42 Å². The molecule has 0 radical (unpaired) electrons. The maximum absolute atomic E-state index is 10.9. The van der Waals surface area contributed by atoms with E-state index in [1.165, 1.54) is 30.2 Å². The SMILES string of the molecule is CS(=O)(=O)NCCNCc1ccccc1C1CC1. The average Bonchev–Trinajstić information content (AvgIpc) is 3.11. The number of hydrogen-bond donors (Lipinski definition) is 2. The van der Waals surface area contributed by atoms with Crippen molar-refractivity contribution in [2.24, 2.45) is 0 Å². The van der Waals surface area contributed by atoms with Gasteiger partial charge in [-0.05, 0) is 29.9 Å². The molecule has 2 rings (SSSR count). The molecular weight excluding hydrogens is 248 g/mol. The van der Waals surface area contributed by atoms with Gasteiger partial charge in [0.1, 0.15) is 0 Å². The highest BCUT2D eigenvalue weighted by Crippen LogP contribution is 2.41. The highest BCUT2D eigenvalue weighted by molar-refractivity contribution is 7.88. The van der Waals surface area contributed by atoms with Crippen LogP contribution in [0.1, 0.15) is 29.9 Å². The Hall–Kier alpha value is -0.910. The van der Waals surface area contributed by atoms with Crippen LogP contribution < -0.4 is 10.0 Å². The molecule has 0 atom stereocenters. The van der Waals surface area contributed by atoms with Gasteiger partial charge >= 0.3 is 0 Å². The van der Waals surface area contributed by atoms with E-state index in [9.17, 15) is 8.42 Å². The summed E-state index contributed by atoms with van der Waals surface area (Å²) < 4.78 is 24.2. The average molecular weight is 268 g/mol. The van der Waals surface area contributed by atoms with E-state index in [0.717, 1.165) is 12.5 Å². The Morgan fingerprint density at radius 2 is 1.94 bits per heavy atom. The molecule has 2 N–H and O–H groups in total. The van der Waals surface area contributed by atoms with E-state index in [1.807, 2.05) is 0 Å². The molecule has 1 aromatic carbocycles. The second-order valence-electron chi connectivity index (χ2n) is 4.82. The highest BCUT2D eigenvalue weighted by Gasteiger charge is 2.25. The maximum Gasteiger partial charge on any atom is 0.208 e. The minimum absolute atomic E-state index is 0.435. The van der Waals surface area contributed by atoms with Crippen LogP contribution in [0.3, 0.4) is 0 Å². The zero-order chi connectivity index (χ0) is 13.0. The van der Waals surface area contributed by atoms with E-state index >= 15 is 0 Å². The van der Waals surface area contributed by atoms with Gasteiger partial charge in [-0.2, -0.15) is 0 Å². The third-order valence-corrected chi connectivity index (χ3v) is 3.78. The summed E-state index contributed by atoms with van der Waals surface area (Å²) in [5.74, 6) is 0.747. The van der Waals surface area contributed by atoms with Crippen molar-refractivity contribution in [3.05, 3.63) is 35.4 Å². The summed E-state index contributed by atoms with van der Waals surface area (Å²) in [7, 11) is -3.07. The first-order chi connectivity index (χ1) is 8.56. The van der Waals surface area contributed by atoms with Gasteiger partial charge in [-0.15, -0.1) is 0 Å². The molecular formula is C13H20N2O2S. The Morgan fingerprint density at radius 1 is 1.22 bits per heavy atom. The molecule has 0 spiro atoms. The van der Waals surface area contributed by atoms with Crippen molar-refractivity contribution in [3.8, 4) is 0 Å². The van der Waals surface area contributed by atoms with Gasteiger partial charge < -0.3 is 5.32 Å². The summed E-state index contributed by atoms with van der Waals surface area (Å²) in [6.45, 7) is 1.88. The van der Waals surface area contributed by atoms with Crippen LogP contribution in [-0.2, 0) is 16.6 Å². The smallest absolute Gasteiger partial charge is 0.208 e. The Balaban J connectivity index is 1.76. The van der Waals surface area contributed by atoms with Gasteiger partial charge in [0.25, 0.3) is 0 Å². The summed E-state index contributed by atoms with van der Waals surface area (Å²) >= 11 is 0. The van der Waals surface area contributed by atoms with Gasteiger partial charge in [0.05, 0.1) is 6.26 Å². The van der Waals surface area contributed by atoms with E-state index in [0.29, 0.717) is 13.1 Å². The van der Waals surface area contributed by atoms with Crippen LogP contribution in [0.15, 0.2) is 24.3 Å². The summed E-state index contributed by atoms with van der Waals surface area (Å²) in [5.41, 5.74) is 2.78. The van der Waals surface area contributed by atoms with Crippen LogP contribution in [0.5, 0.6) is 0 Å². The fourth-order valence-electron chi connectivity index (χ4n) is 2.04. The molecule has 0 unspecified atom stereocenters. The Bertz CT molecular complexity index is 495. The third kappa shape index (κ3) is 4.40. The van der Waals surface area contributed by atoms with Crippen LogP contribution in [0, 0.1) is 0 Å². The zero-order valence-corrected chi connectivity index (χ0v) is 11.5. The van der Waals surface area contributed by atoms with Crippen LogP contribution in [0.2, 0.25) is 0 Å². The lowest BCUT2D eigenvalue weighted by Gasteiger charge is -2.10. The molecule has 18 heavy (non-hydrogen) atoms. The molecule has 1 aliphatic carbocycles. The summed E-state index contributed by atoms with van der Waals surface area (Å²) in [6, 6.07) is 8.48. The lowest BCUT2D eigenvalue weighted by Crippen LogP contribution is -2.30. The Morgan fingerprint density at radius 3 is 2.61 bits per heavy atom. The number of sulfonamides is 1. The number of rotatable bonds is 7. The topological polar surface area (TPSA) is 58.2 Å². The minimum Gasteiger partial charge on any atom is -0.311 e. The van der Waals surface area contributed by atoms with E-state index in [-0.39, 0.29) is 0 Å². The van der Waals surface area contributed by atoms with Gasteiger partial charge in [0.2, 0.25) is 10.0 Å². The summed E-state index contributed by atoms with van der Waals surface area (Å²) in [6.07, 6.45) is 3.77. The Kier molecular flexibility index (Phi) is 4.37. The molecule has 0 amide bonds. The lowest BCUT2D eigenvalue weighted by atomic mass is 10.0. The summed E-state index contributed by atoms with van der Waals surface area (Å²) in [4.78, 5) is 0. The second-order valence-corrected chi connectivity index (χ2v) is 6.65. The first-order valence-electron chi connectivity index (χ1n) is 6.29. The van der Waals surface area contributed by atoms with E-state index in [2.05, 4.69) is 34.3 Å². The van der Waals surface area contributed by atoms with Crippen LogP contribution in [0.4, 0.5) is 0 Å². The highest BCUT2D eigenvalue weighted by atomic mass is 32.2. The molecule has 0 aromatic heterocycles. The van der Waals surface area contributed by atoms with Gasteiger partial charge in [0, 0.05) is 19.6 Å². The Labute approximate surface area is 109 Å². The lowest BCUT2D eigenvalue weighted by molar-refractivity contribution is 0.581. The van der Waals surface area contributed by atoms with Crippen molar-refractivity contribution in [2.75, 3.05) is 19.3 Å². The first kappa shape index (κ1) is 13.5. The fourth-order valence-corrected chi connectivity index (χ4v) is 2.51. The van der Waals surface area contributed by atoms with Gasteiger partial charge in [-0.25, -0.2) is 13.1 Å². The van der Waals surface area contributed by atoms with Crippen molar-refractivity contribution >= 4 is 10.0 Å². The molecule has 1 fully saturated rings. The first-order valence-corrected chi connectivity index (χ1v) is 8.18. The van der Waals surface area contributed by atoms with Crippen LogP contribution in [-0.4, -0.2) is 27.8 Å². The molecule has 1 aromatic rings. The molecule has 1 aliphatic rings. The molecule has 0 bridgehead atoms. The zero-order valence-electron chi connectivity index (χ0n) is 10.6. The number of hydrogen-bond acceptors (Lipinski definition) is 3. The molecule has 0 heterocycles. The standard InChI is InChI=1S/C13H20N2O2S/c1-18(16,17)15-9-8-14-10-12-4-2-3-5-13(12)11-6-7-11/h2-5,11,14-15H,6-10H2,1H3. The molecule has 100 valence electrons. The molecule has 4 nitrogen and oxygen atoms in total.